The molecule has 1 aliphatic rings. The summed E-state index contributed by atoms with van der Waals surface area (Å²) in [5.41, 5.74) is 11.3. The van der Waals surface area contributed by atoms with Gasteiger partial charge in [-0.15, -0.1) is 0 Å². The van der Waals surface area contributed by atoms with Crippen LogP contribution in [0.3, 0.4) is 0 Å². The number of aromatic nitrogens is 2. The van der Waals surface area contributed by atoms with Crippen molar-refractivity contribution in [2.45, 2.75) is 25.9 Å². The summed E-state index contributed by atoms with van der Waals surface area (Å²) in [5.74, 6) is 0.968. The van der Waals surface area contributed by atoms with Crippen LogP contribution in [-0.2, 0) is 13.1 Å². The lowest BCUT2D eigenvalue weighted by Crippen LogP contribution is -2.25. The van der Waals surface area contributed by atoms with Gasteiger partial charge in [-0.05, 0) is 54.3 Å². The van der Waals surface area contributed by atoms with Crippen molar-refractivity contribution in [1.29, 1.82) is 5.41 Å². The predicted octanol–water partition coefficient (Wildman–Crippen LogP) is 3.42. The van der Waals surface area contributed by atoms with Crippen molar-refractivity contribution in [2.75, 3.05) is 46.3 Å². The van der Waals surface area contributed by atoms with Crippen molar-refractivity contribution in [1.82, 2.24) is 19.4 Å². The number of amidine groups is 1. The Labute approximate surface area is 201 Å². The van der Waals surface area contributed by atoms with E-state index in [-0.39, 0.29) is 12.5 Å². The van der Waals surface area contributed by atoms with Crippen LogP contribution in [0.15, 0.2) is 48.5 Å². The van der Waals surface area contributed by atoms with Gasteiger partial charge >= 0.3 is 0 Å². The Bertz CT molecular complexity index is 1130. The smallest absolute Gasteiger partial charge is 0.298 e. The minimum atomic E-state index is 0.229. The number of nitrogens with one attached hydrogen (secondary N) is 2. The Morgan fingerprint density at radius 1 is 1.12 bits per heavy atom. The maximum Gasteiger partial charge on any atom is 0.298 e. The van der Waals surface area contributed by atoms with E-state index in [4.69, 9.17) is 15.9 Å². The van der Waals surface area contributed by atoms with E-state index in [1.807, 2.05) is 18.7 Å². The van der Waals surface area contributed by atoms with Gasteiger partial charge in [0, 0.05) is 20.6 Å². The molecule has 180 valence electrons. The van der Waals surface area contributed by atoms with Crippen LogP contribution >= 0.6 is 0 Å². The molecule has 0 atom stereocenters. The Kier molecular flexibility index (Phi) is 7.49. The third kappa shape index (κ3) is 5.08. The zero-order valence-electron chi connectivity index (χ0n) is 20.3. The number of likely N-dealkylation sites (tertiary alicyclic amines) is 1. The lowest BCUT2D eigenvalue weighted by molar-refractivity contribution is 0.332. The quantitative estimate of drug-likeness (QED) is 0.257. The molecule has 0 amide bonds. The summed E-state index contributed by atoms with van der Waals surface area (Å²) in [6, 6.07) is 17.7. The molecule has 4 rings (SSSR count). The molecule has 1 aromatic heterocycles. The first-order valence-electron chi connectivity index (χ1n) is 11.8. The van der Waals surface area contributed by atoms with Crippen LogP contribution in [0, 0.1) is 5.41 Å². The molecule has 0 radical (unpaired) electrons. The number of ether oxygens (including phenoxy) is 1. The fourth-order valence-corrected chi connectivity index (χ4v) is 4.53. The van der Waals surface area contributed by atoms with Crippen molar-refractivity contribution in [2.24, 2.45) is 5.73 Å². The monoisotopic (exact) mass is 461 g/mol. The average Bonchev–Trinajstić information content (AvgIpc) is 3.47. The van der Waals surface area contributed by atoms with E-state index in [2.05, 4.69) is 63.7 Å². The van der Waals surface area contributed by atoms with E-state index in [0.717, 1.165) is 12.1 Å². The number of hydrogen-bond donors (Lipinski definition) is 3. The third-order valence-corrected chi connectivity index (χ3v) is 6.24. The van der Waals surface area contributed by atoms with Gasteiger partial charge in [0.2, 0.25) is 0 Å². The van der Waals surface area contributed by atoms with Gasteiger partial charge in [0.25, 0.3) is 6.01 Å². The third-order valence-electron chi connectivity index (χ3n) is 6.24. The predicted molar refractivity (Wildman–Crippen MR) is 137 cm³/mol. The number of nitrogens with zero attached hydrogens (tertiary/aromatic N) is 4. The van der Waals surface area contributed by atoms with E-state index < -0.39 is 0 Å². The minimum absolute atomic E-state index is 0.229. The zero-order chi connectivity index (χ0) is 24.1. The standard InChI is InChI=1S/C26H35N7O/c1-31(2)24(28)23-25(29-18-27)33(26(30-23)34-3)16-19-9-8-11-20(15-19)22-12-5-4-10-21(22)17-32-13-6-7-14-32/h4-5,8-12,15,28-29H,6-7,13-14,16-18,27H2,1-3H3. The molecule has 0 unspecified atom stereocenters. The van der Waals surface area contributed by atoms with Crippen molar-refractivity contribution in [3.05, 3.63) is 65.4 Å². The van der Waals surface area contributed by atoms with Gasteiger partial charge in [0.15, 0.2) is 11.5 Å². The summed E-state index contributed by atoms with van der Waals surface area (Å²) >= 11 is 0. The van der Waals surface area contributed by atoms with Crippen LogP contribution in [0.2, 0.25) is 0 Å². The number of rotatable bonds is 9. The second-order valence-corrected chi connectivity index (χ2v) is 8.85. The Morgan fingerprint density at radius 3 is 2.59 bits per heavy atom. The van der Waals surface area contributed by atoms with Gasteiger partial charge in [0.1, 0.15) is 5.82 Å². The second-order valence-electron chi connectivity index (χ2n) is 8.85. The van der Waals surface area contributed by atoms with E-state index in [1.54, 1.807) is 12.0 Å². The molecule has 0 aliphatic carbocycles. The van der Waals surface area contributed by atoms with Crippen molar-refractivity contribution in [3.63, 3.8) is 0 Å². The first kappa shape index (κ1) is 23.8. The summed E-state index contributed by atoms with van der Waals surface area (Å²) < 4.78 is 7.51. The highest BCUT2D eigenvalue weighted by Crippen LogP contribution is 2.29. The van der Waals surface area contributed by atoms with E-state index in [9.17, 15) is 0 Å². The highest BCUT2D eigenvalue weighted by Gasteiger charge is 2.22. The summed E-state index contributed by atoms with van der Waals surface area (Å²) in [6.45, 7) is 4.11. The number of nitrogens with two attached hydrogens (primary N) is 1. The molecular formula is C26H35N7O. The zero-order valence-corrected chi connectivity index (χ0v) is 20.3. The van der Waals surface area contributed by atoms with Gasteiger partial charge in [-0.3, -0.25) is 14.9 Å². The number of imidazole rings is 1. The molecule has 1 aliphatic heterocycles. The molecule has 0 bridgehead atoms. The molecule has 2 aromatic carbocycles. The van der Waals surface area contributed by atoms with Crippen LogP contribution < -0.4 is 15.8 Å². The average molecular weight is 462 g/mol. The van der Waals surface area contributed by atoms with Gasteiger partial charge in [-0.2, -0.15) is 4.98 Å². The molecule has 8 heteroatoms. The topological polar surface area (TPSA) is 95.4 Å². The fraction of sp³-hybridized carbons (Fsp3) is 0.385. The highest BCUT2D eigenvalue weighted by atomic mass is 16.5. The highest BCUT2D eigenvalue weighted by molar-refractivity contribution is 5.99. The van der Waals surface area contributed by atoms with Gasteiger partial charge in [0.05, 0.1) is 20.3 Å². The van der Waals surface area contributed by atoms with Crippen LogP contribution in [0.5, 0.6) is 6.01 Å². The molecule has 34 heavy (non-hydrogen) atoms. The van der Waals surface area contributed by atoms with E-state index >= 15 is 0 Å². The lowest BCUT2D eigenvalue weighted by Gasteiger charge is -2.18. The van der Waals surface area contributed by atoms with Crippen molar-refractivity contribution in [3.8, 4) is 17.1 Å². The minimum Gasteiger partial charge on any atom is -0.468 e. The van der Waals surface area contributed by atoms with Crippen molar-refractivity contribution < 1.29 is 4.74 Å². The maximum atomic E-state index is 8.44. The molecule has 4 N–H and O–H groups in total. The molecule has 1 saturated heterocycles. The van der Waals surface area contributed by atoms with Crippen molar-refractivity contribution >= 4 is 11.7 Å². The number of hydrogen-bond acceptors (Lipinski definition) is 6. The first-order chi connectivity index (χ1) is 16.5. The van der Waals surface area contributed by atoms with Crippen LogP contribution in [0.1, 0.15) is 29.7 Å². The fourth-order valence-electron chi connectivity index (χ4n) is 4.53. The van der Waals surface area contributed by atoms with E-state index in [1.165, 1.54) is 42.6 Å². The Hall–Kier alpha value is -3.36. The molecular weight excluding hydrogens is 426 g/mol. The van der Waals surface area contributed by atoms with Gasteiger partial charge < -0.3 is 20.7 Å². The Balaban J connectivity index is 1.67. The Morgan fingerprint density at radius 2 is 1.88 bits per heavy atom. The first-order valence-corrected chi connectivity index (χ1v) is 11.8. The van der Waals surface area contributed by atoms with Crippen LogP contribution in [-0.4, -0.2) is 66.1 Å². The summed E-state index contributed by atoms with van der Waals surface area (Å²) in [4.78, 5) is 8.81. The molecule has 0 spiro atoms. The normalized spacial score (nSPS) is 13.8. The summed E-state index contributed by atoms with van der Waals surface area (Å²) in [5, 5.41) is 11.6. The van der Waals surface area contributed by atoms with Gasteiger partial charge in [-0.25, -0.2) is 0 Å². The SMILES string of the molecule is COc1nc(C(=N)N(C)C)c(NCN)n1Cc1cccc(-c2ccccc2CN2CCCC2)c1. The largest absolute Gasteiger partial charge is 0.468 e. The van der Waals surface area contributed by atoms with Gasteiger partial charge in [-0.1, -0.05) is 42.5 Å². The lowest BCUT2D eigenvalue weighted by atomic mass is 9.97. The summed E-state index contributed by atoms with van der Waals surface area (Å²) in [6.07, 6.45) is 2.58. The molecule has 3 aromatic rings. The molecule has 1 fully saturated rings. The van der Waals surface area contributed by atoms with Crippen LogP contribution in [0.25, 0.3) is 11.1 Å². The number of anilines is 1. The maximum absolute atomic E-state index is 8.44. The van der Waals surface area contributed by atoms with Crippen LogP contribution in [0.4, 0.5) is 5.82 Å². The number of benzene rings is 2. The molecule has 2 heterocycles. The molecule has 8 nitrogen and oxygen atoms in total. The van der Waals surface area contributed by atoms with E-state index in [0.29, 0.717) is 24.1 Å². The molecule has 0 saturated carbocycles. The second kappa shape index (κ2) is 10.7. The number of methoxy groups -OCH3 is 1. The summed E-state index contributed by atoms with van der Waals surface area (Å²) in [7, 11) is 5.24.